The maximum Gasteiger partial charge on any atom is 0.237 e. The fourth-order valence-corrected chi connectivity index (χ4v) is 4.43. The van der Waals surface area contributed by atoms with Gasteiger partial charge in [0, 0.05) is 35.6 Å². The smallest absolute Gasteiger partial charge is 0.237 e. The van der Waals surface area contributed by atoms with Crippen LogP contribution in [0.4, 0.5) is 0 Å². The van der Waals surface area contributed by atoms with Gasteiger partial charge in [-0.15, -0.1) is 0 Å². The first-order valence-corrected chi connectivity index (χ1v) is 12.5. The highest BCUT2D eigenvalue weighted by Crippen LogP contribution is 2.38. The normalized spacial score (nSPS) is 11.7. The van der Waals surface area contributed by atoms with Crippen molar-refractivity contribution in [3.63, 3.8) is 0 Å². The summed E-state index contributed by atoms with van der Waals surface area (Å²) < 4.78 is 11.6. The van der Waals surface area contributed by atoms with Crippen LogP contribution in [-0.2, 0) is 10.8 Å². The van der Waals surface area contributed by atoms with Crippen LogP contribution in [0.2, 0.25) is 0 Å². The molecule has 190 valence electrons. The number of benzene rings is 3. The van der Waals surface area contributed by atoms with Crippen molar-refractivity contribution in [1.82, 2.24) is 19.9 Å². The summed E-state index contributed by atoms with van der Waals surface area (Å²) in [4.78, 5) is 16.5. The number of rotatable bonds is 8. The van der Waals surface area contributed by atoms with Crippen molar-refractivity contribution in [3.05, 3.63) is 132 Å². The Morgan fingerprint density at radius 2 is 0.921 bits per heavy atom. The number of aromatic nitrogens is 4. The van der Waals surface area contributed by atoms with Gasteiger partial charge in [-0.05, 0) is 46.5 Å². The average molecular weight is 503 g/mol. The highest BCUT2D eigenvalue weighted by Gasteiger charge is 2.28. The second-order valence-corrected chi connectivity index (χ2v) is 10.2. The highest BCUT2D eigenvalue weighted by molar-refractivity contribution is 5.46. The zero-order valence-electron chi connectivity index (χ0n) is 22.0. The Bertz CT molecular complexity index is 1370. The van der Waals surface area contributed by atoms with Gasteiger partial charge in [-0.3, -0.25) is 9.97 Å². The Hall–Kier alpha value is -4.58. The second-order valence-electron chi connectivity index (χ2n) is 10.2. The van der Waals surface area contributed by atoms with Crippen LogP contribution in [0.3, 0.4) is 0 Å². The fourth-order valence-electron chi connectivity index (χ4n) is 4.43. The van der Waals surface area contributed by atoms with Crippen LogP contribution >= 0.6 is 0 Å². The molecule has 0 aliphatic rings. The molecule has 0 saturated heterocycles. The van der Waals surface area contributed by atoms with Gasteiger partial charge in [0.25, 0.3) is 0 Å². The highest BCUT2D eigenvalue weighted by atomic mass is 16.5. The Balaban J connectivity index is 1.35. The Morgan fingerprint density at radius 1 is 0.500 bits per heavy atom. The van der Waals surface area contributed by atoms with Gasteiger partial charge in [-0.25, -0.2) is 9.97 Å². The van der Waals surface area contributed by atoms with E-state index < -0.39 is 0 Å². The number of hydrogen-bond acceptors (Lipinski definition) is 6. The van der Waals surface area contributed by atoms with Crippen molar-refractivity contribution >= 4 is 0 Å². The molecule has 0 amide bonds. The van der Waals surface area contributed by atoms with Crippen LogP contribution < -0.4 is 9.47 Å². The van der Waals surface area contributed by atoms with E-state index in [2.05, 4.69) is 96.2 Å². The molecule has 0 N–H and O–H groups in total. The minimum Gasteiger partial charge on any atom is -0.438 e. The SMILES string of the molecule is CC(C)(c1ccc(Oc2cnccn2)cc1)c1cccc(C(C)(C)c2ccc(Oc3cnccn3)cc2)c1. The quantitative estimate of drug-likeness (QED) is 0.219. The van der Waals surface area contributed by atoms with E-state index in [9.17, 15) is 0 Å². The van der Waals surface area contributed by atoms with Crippen molar-refractivity contribution in [1.29, 1.82) is 0 Å². The summed E-state index contributed by atoms with van der Waals surface area (Å²) in [6, 6.07) is 25.2. The molecule has 0 bridgehead atoms. The first kappa shape index (κ1) is 25.1. The predicted octanol–water partition coefficient (Wildman–Crippen LogP) is 7.50. The molecule has 0 fully saturated rings. The van der Waals surface area contributed by atoms with Crippen LogP contribution in [0.1, 0.15) is 49.9 Å². The lowest BCUT2D eigenvalue weighted by atomic mass is 9.73. The molecule has 5 aromatic rings. The zero-order valence-corrected chi connectivity index (χ0v) is 22.0. The predicted molar refractivity (Wildman–Crippen MR) is 148 cm³/mol. The molecule has 0 atom stereocenters. The van der Waals surface area contributed by atoms with Crippen molar-refractivity contribution in [2.75, 3.05) is 0 Å². The summed E-state index contributed by atoms with van der Waals surface area (Å²) in [7, 11) is 0. The zero-order chi connectivity index (χ0) is 26.6. The molecule has 0 radical (unpaired) electrons. The van der Waals surface area contributed by atoms with Gasteiger partial charge in [-0.2, -0.15) is 0 Å². The van der Waals surface area contributed by atoms with Gasteiger partial charge in [-0.1, -0.05) is 76.2 Å². The third kappa shape index (κ3) is 5.39. The lowest BCUT2D eigenvalue weighted by Crippen LogP contribution is -2.22. The van der Waals surface area contributed by atoms with Crippen LogP contribution in [0.25, 0.3) is 0 Å². The molecule has 6 heteroatoms. The molecule has 0 unspecified atom stereocenters. The van der Waals surface area contributed by atoms with E-state index in [1.54, 1.807) is 37.2 Å². The van der Waals surface area contributed by atoms with E-state index in [1.165, 1.54) is 22.3 Å². The summed E-state index contributed by atoms with van der Waals surface area (Å²) in [5, 5.41) is 0. The van der Waals surface area contributed by atoms with Gasteiger partial charge in [0.05, 0.1) is 12.4 Å². The lowest BCUT2D eigenvalue weighted by Gasteiger charge is -2.31. The first-order chi connectivity index (χ1) is 18.3. The molecule has 5 rings (SSSR count). The van der Waals surface area contributed by atoms with Crippen LogP contribution in [0, 0.1) is 0 Å². The Kier molecular flexibility index (Phi) is 6.88. The van der Waals surface area contributed by atoms with Gasteiger partial charge in [0.1, 0.15) is 11.5 Å². The first-order valence-electron chi connectivity index (χ1n) is 12.5. The number of hydrogen-bond donors (Lipinski definition) is 0. The van der Waals surface area contributed by atoms with E-state index in [-0.39, 0.29) is 10.8 Å². The third-order valence-electron chi connectivity index (χ3n) is 6.98. The Labute approximate surface area is 223 Å². The molecule has 0 saturated carbocycles. The number of ether oxygens (including phenoxy) is 2. The standard InChI is InChI=1S/C32H30N4O2/c1-31(2,23-8-12-27(13-9-23)37-29-21-33-16-18-35-29)25-6-5-7-26(20-25)32(3,4)24-10-14-28(15-11-24)38-30-22-34-17-19-36-30/h5-22H,1-4H3. The van der Waals surface area contributed by atoms with Gasteiger partial charge < -0.3 is 9.47 Å². The second kappa shape index (κ2) is 10.4. The summed E-state index contributed by atoms with van der Waals surface area (Å²) in [5.74, 6) is 2.41. The van der Waals surface area contributed by atoms with Gasteiger partial charge in [0.15, 0.2) is 0 Å². The summed E-state index contributed by atoms with van der Waals surface area (Å²) >= 11 is 0. The maximum absolute atomic E-state index is 5.82. The topological polar surface area (TPSA) is 70.0 Å². The van der Waals surface area contributed by atoms with Crippen molar-refractivity contribution in [3.8, 4) is 23.3 Å². The molecule has 0 aliphatic carbocycles. The van der Waals surface area contributed by atoms with Crippen LogP contribution in [0.5, 0.6) is 23.3 Å². The van der Waals surface area contributed by atoms with E-state index in [1.807, 2.05) is 24.3 Å². The monoisotopic (exact) mass is 502 g/mol. The Morgan fingerprint density at radius 3 is 1.29 bits per heavy atom. The van der Waals surface area contributed by atoms with Crippen molar-refractivity contribution in [2.24, 2.45) is 0 Å². The maximum atomic E-state index is 5.82. The van der Waals surface area contributed by atoms with Crippen LogP contribution in [0.15, 0.2) is 110 Å². The van der Waals surface area contributed by atoms with Gasteiger partial charge in [0.2, 0.25) is 11.8 Å². The number of nitrogens with zero attached hydrogens (tertiary/aromatic N) is 4. The third-order valence-corrected chi connectivity index (χ3v) is 6.98. The summed E-state index contributed by atoms with van der Waals surface area (Å²) in [5.41, 5.74) is 4.48. The molecule has 2 heterocycles. The summed E-state index contributed by atoms with van der Waals surface area (Å²) in [6.07, 6.45) is 9.68. The van der Waals surface area contributed by atoms with Crippen LogP contribution in [-0.4, -0.2) is 19.9 Å². The average Bonchev–Trinajstić information content (AvgIpc) is 2.95. The molecule has 38 heavy (non-hydrogen) atoms. The molecule has 2 aromatic heterocycles. The largest absolute Gasteiger partial charge is 0.438 e. The van der Waals surface area contributed by atoms with Crippen molar-refractivity contribution < 1.29 is 9.47 Å². The molecular formula is C32H30N4O2. The van der Waals surface area contributed by atoms with E-state index in [4.69, 9.17) is 9.47 Å². The van der Waals surface area contributed by atoms with E-state index in [0.29, 0.717) is 11.8 Å². The molecule has 0 aliphatic heterocycles. The fraction of sp³-hybridized carbons (Fsp3) is 0.188. The van der Waals surface area contributed by atoms with E-state index >= 15 is 0 Å². The summed E-state index contributed by atoms with van der Waals surface area (Å²) in [6.45, 7) is 8.99. The molecule has 6 nitrogen and oxygen atoms in total. The molecular weight excluding hydrogens is 472 g/mol. The molecule has 3 aromatic carbocycles. The minimum absolute atomic E-state index is 0.203. The minimum atomic E-state index is -0.203. The van der Waals surface area contributed by atoms with Crippen molar-refractivity contribution in [2.45, 2.75) is 38.5 Å². The van der Waals surface area contributed by atoms with E-state index in [0.717, 1.165) is 11.5 Å². The van der Waals surface area contributed by atoms with Gasteiger partial charge >= 0.3 is 0 Å². The lowest BCUT2D eigenvalue weighted by molar-refractivity contribution is 0.459. The molecule has 0 spiro atoms.